The zero-order chi connectivity index (χ0) is 14.1. The molecule has 0 aliphatic carbocycles. The van der Waals surface area contributed by atoms with E-state index in [1.165, 1.54) is 6.07 Å². The van der Waals surface area contributed by atoms with Gasteiger partial charge in [-0.15, -0.1) is 0 Å². The van der Waals surface area contributed by atoms with Crippen molar-refractivity contribution in [2.75, 3.05) is 5.75 Å². The first-order valence-corrected chi connectivity index (χ1v) is 7.64. The maximum atomic E-state index is 11.4. The molecule has 0 bridgehead atoms. The number of rotatable bonds is 4. The Balaban J connectivity index is 2.07. The van der Waals surface area contributed by atoms with E-state index in [1.807, 2.05) is 13.0 Å². The molecule has 1 aromatic carbocycles. The Morgan fingerprint density at radius 1 is 1.20 bits per heavy atom. The SMILES string of the molecule is CCCCSc1nc2cc3c(C)cc(=O)oc3cc2o1. The largest absolute Gasteiger partial charge is 0.431 e. The molecule has 3 rings (SSSR count). The molecule has 0 fully saturated rings. The number of unbranched alkanes of at least 4 members (excludes halogenated alkanes) is 1. The Morgan fingerprint density at radius 3 is 2.85 bits per heavy atom. The third-order valence-electron chi connectivity index (χ3n) is 3.16. The van der Waals surface area contributed by atoms with Gasteiger partial charge in [0.05, 0.1) is 0 Å². The Kier molecular flexibility index (Phi) is 3.53. The molecule has 0 spiro atoms. The van der Waals surface area contributed by atoms with Gasteiger partial charge in [0.1, 0.15) is 11.1 Å². The Bertz CT molecular complexity index is 819. The van der Waals surface area contributed by atoms with Gasteiger partial charge in [-0.05, 0) is 25.0 Å². The Morgan fingerprint density at radius 2 is 2.05 bits per heavy atom. The van der Waals surface area contributed by atoms with Crippen LogP contribution < -0.4 is 5.63 Å². The fourth-order valence-electron chi connectivity index (χ4n) is 2.08. The van der Waals surface area contributed by atoms with Crippen LogP contribution in [0.5, 0.6) is 0 Å². The minimum absolute atomic E-state index is 0.341. The molecular formula is C15H15NO3S. The quantitative estimate of drug-likeness (QED) is 0.410. The summed E-state index contributed by atoms with van der Waals surface area (Å²) in [6, 6.07) is 5.15. The molecular weight excluding hydrogens is 274 g/mol. The van der Waals surface area contributed by atoms with Crippen LogP contribution in [0.2, 0.25) is 0 Å². The van der Waals surface area contributed by atoms with Gasteiger partial charge in [0, 0.05) is 23.3 Å². The number of fused-ring (bicyclic) bond motifs is 2. The Labute approximate surface area is 120 Å². The van der Waals surface area contributed by atoms with E-state index in [0.717, 1.165) is 35.1 Å². The molecule has 2 aromatic heterocycles. The van der Waals surface area contributed by atoms with Gasteiger partial charge < -0.3 is 8.83 Å². The molecule has 0 aliphatic rings. The predicted molar refractivity (Wildman–Crippen MR) is 80.4 cm³/mol. The molecule has 0 N–H and O–H groups in total. The second kappa shape index (κ2) is 5.32. The van der Waals surface area contributed by atoms with E-state index >= 15 is 0 Å². The maximum Gasteiger partial charge on any atom is 0.336 e. The molecule has 4 nitrogen and oxygen atoms in total. The van der Waals surface area contributed by atoms with Crippen molar-refractivity contribution in [3.05, 3.63) is 34.2 Å². The summed E-state index contributed by atoms with van der Waals surface area (Å²) >= 11 is 1.61. The van der Waals surface area contributed by atoms with Crippen LogP contribution >= 0.6 is 11.8 Å². The first kappa shape index (κ1) is 13.2. The van der Waals surface area contributed by atoms with Crippen LogP contribution in [0.4, 0.5) is 0 Å². The van der Waals surface area contributed by atoms with E-state index in [-0.39, 0.29) is 5.63 Å². The van der Waals surface area contributed by atoms with E-state index < -0.39 is 0 Å². The van der Waals surface area contributed by atoms with Crippen LogP contribution in [0.25, 0.3) is 22.1 Å². The molecule has 20 heavy (non-hydrogen) atoms. The van der Waals surface area contributed by atoms with Gasteiger partial charge in [-0.1, -0.05) is 25.1 Å². The van der Waals surface area contributed by atoms with E-state index in [2.05, 4.69) is 11.9 Å². The number of benzene rings is 1. The van der Waals surface area contributed by atoms with E-state index in [4.69, 9.17) is 8.83 Å². The summed E-state index contributed by atoms with van der Waals surface area (Å²) in [6.45, 7) is 4.05. The van der Waals surface area contributed by atoms with Crippen molar-refractivity contribution in [3.63, 3.8) is 0 Å². The first-order valence-electron chi connectivity index (χ1n) is 6.65. The third kappa shape index (κ3) is 2.45. The topological polar surface area (TPSA) is 56.2 Å². The number of nitrogens with zero attached hydrogens (tertiary/aromatic N) is 1. The highest BCUT2D eigenvalue weighted by Gasteiger charge is 2.10. The van der Waals surface area contributed by atoms with Crippen molar-refractivity contribution in [2.24, 2.45) is 0 Å². The van der Waals surface area contributed by atoms with Crippen molar-refractivity contribution < 1.29 is 8.83 Å². The highest BCUT2D eigenvalue weighted by molar-refractivity contribution is 7.99. The van der Waals surface area contributed by atoms with E-state index in [9.17, 15) is 4.79 Å². The zero-order valence-corrected chi connectivity index (χ0v) is 12.3. The molecule has 0 saturated heterocycles. The molecule has 104 valence electrons. The fourth-order valence-corrected chi connectivity index (χ4v) is 3.00. The Hall–Kier alpha value is -1.75. The number of aromatic nitrogens is 1. The lowest BCUT2D eigenvalue weighted by Gasteiger charge is -1.98. The van der Waals surface area contributed by atoms with Crippen molar-refractivity contribution in [1.82, 2.24) is 4.98 Å². The number of thioether (sulfide) groups is 1. The molecule has 0 unspecified atom stereocenters. The highest BCUT2D eigenvalue weighted by Crippen LogP contribution is 2.28. The first-order chi connectivity index (χ1) is 9.67. The minimum Gasteiger partial charge on any atom is -0.431 e. The normalized spacial score (nSPS) is 11.5. The van der Waals surface area contributed by atoms with Gasteiger partial charge in [-0.2, -0.15) is 0 Å². The smallest absolute Gasteiger partial charge is 0.336 e. The van der Waals surface area contributed by atoms with E-state index in [0.29, 0.717) is 16.4 Å². The van der Waals surface area contributed by atoms with Crippen LogP contribution in [-0.4, -0.2) is 10.7 Å². The van der Waals surface area contributed by atoms with Gasteiger partial charge in [-0.3, -0.25) is 0 Å². The summed E-state index contributed by atoms with van der Waals surface area (Å²) in [5, 5.41) is 1.57. The number of aryl methyl sites for hydroxylation is 1. The van der Waals surface area contributed by atoms with Gasteiger partial charge >= 0.3 is 5.63 Å². The molecule has 0 radical (unpaired) electrons. The fraction of sp³-hybridized carbons (Fsp3) is 0.333. The average molecular weight is 289 g/mol. The third-order valence-corrected chi connectivity index (χ3v) is 4.08. The second-order valence-corrected chi connectivity index (χ2v) is 5.79. The van der Waals surface area contributed by atoms with Crippen LogP contribution in [0, 0.1) is 6.92 Å². The lowest BCUT2D eigenvalue weighted by Crippen LogP contribution is -1.97. The van der Waals surface area contributed by atoms with E-state index in [1.54, 1.807) is 17.8 Å². The molecule has 0 saturated carbocycles. The average Bonchev–Trinajstić information content (AvgIpc) is 2.78. The predicted octanol–water partition coefficient (Wildman–Crippen LogP) is 4.13. The van der Waals surface area contributed by atoms with Crippen LogP contribution in [0.15, 0.2) is 37.1 Å². The van der Waals surface area contributed by atoms with Gasteiger partial charge in [0.25, 0.3) is 5.22 Å². The standard InChI is InChI=1S/C15H15NO3S/c1-3-4-5-20-15-16-11-7-10-9(2)6-14(17)18-12(10)8-13(11)19-15/h6-8H,3-5H2,1-2H3. The summed E-state index contributed by atoms with van der Waals surface area (Å²) in [4.78, 5) is 15.9. The van der Waals surface area contributed by atoms with Gasteiger partial charge in [0.2, 0.25) is 0 Å². The monoisotopic (exact) mass is 289 g/mol. The van der Waals surface area contributed by atoms with Gasteiger partial charge in [-0.25, -0.2) is 9.78 Å². The van der Waals surface area contributed by atoms with Crippen LogP contribution in [0.3, 0.4) is 0 Å². The molecule has 5 heteroatoms. The summed E-state index contributed by atoms with van der Waals surface area (Å²) in [5.41, 5.74) is 2.55. The minimum atomic E-state index is -0.341. The maximum absolute atomic E-state index is 11.4. The van der Waals surface area contributed by atoms with Crippen LogP contribution in [0.1, 0.15) is 25.3 Å². The lowest BCUT2D eigenvalue weighted by atomic mass is 10.1. The van der Waals surface area contributed by atoms with Crippen molar-refractivity contribution in [1.29, 1.82) is 0 Å². The number of hydrogen-bond donors (Lipinski definition) is 0. The summed E-state index contributed by atoms with van der Waals surface area (Å²) < 4.78 is 10.9. The van der Waals surface area contributed by atoms with Crippen molar-refractivity contribution >= 4 is 33.8 Å². The van der Waals surface area contributed by atoms with Gasteiger partial charge in [0.15, 0.2) is 5.58 Å². The summed E-state index contributed by atoms with van der Waals surface area (Å²) in [7, 11) is 0. The summed E-state index contributed by atoms with van der Waals surface area (Å²) in [5.74, 6) is 0.997. The molecule has 0 atom stereocenters. The van der Waals surface area contributed by atoms with Crippen LogP contribution in [-0.2, 0) is 0 Å². The number of hydrogen-bond acceptors (Lipinski definition) is 5. The molecule has 3 aromatic rings. The molecule has 0 aliphatic heterocycles. The number of oxazole rings is 1. The molecule has 2 heterocycles. The highest BCUT2D eigenvalue weighted by atomic mass is 32.2. The van der Waals surface area contributed by atoms with Crippen molar-refractivity contribution in [2.45, 2.75) is 31.9 Å². The summed E-state index contributed by atoms with van der Waals surface area (Å²) in [6.07, 6.45) is 2.29. The lowest BCUT2D eigenvalue weighted by molar-refractivity contribution is 0.488. The molecule has 0 amide bonds. The zero-order valence-electron chi connectivity index (χ0n) is 11.4. The van der Waals surface area contributed by atoms with Crippen molar-refractivity contribution in [3.8, 4) is 0 Å². The second-order valence-electron chi connectivity index (χ2n) is 4.75.